The molecule has 0 aliphatic rings. The van der Waals surface area contributed by atoms with E-state index in [2.05, 4.69) is 10.3 Å². The number of rotatable bonds is 5. The van der Waals surface area contributed by atoms with Crippen LogP contribution < -0.4 is 10.9 Å². The van der Waals surface area contributed by atoms with Crippen LogP contribution in [0.5, 0.6) is 0 Å². The average Bonchev–Trinajstić information content (AvgIpc) is 3.38. The highest BCUT2D eigenvalue weighted by Gasteiger charge is 2.17. The number of ether oxygens (including phenoxy) is 1. The van der Waals surface area contributed by atoms with Crippen molar-refractivity contribution in [3.05, 3.63) is 87.7 Å². The zero-order chi connectivity index (χ0) is 19.5. The van der Waals surface area contributed by atoms with Gasteiger partial charge in [-0.15, -0.1) is 11.3 Å². The number of amides is 1. The number of nitrogens with zero attached hydrogens (tertiary/aromatic N) is 2. The van der Waals surface area contributed by atoms with Crippen LogP contribution in [0.15, 0.2) is 69.5 Å². The van der Waals surface area contributed by atoms with E-state index in [0.717, 1.165) is 0 Å². The van der Waals surface area contributed by atoms with Gasteiger partial charge in [0.1, 0.15) is 6.61 Å². The molecule has 4 rings (SSSR count). The van der Waals surface area contributed by atoms with Gasteiger partial charge in [-0.25, -0.2) is 9.78 Å². The number of benzene rings is 1. The quantitative estimate of drug-likeness (QED) is 0.521. The van der Waals surface area contributed by atoms with Crippen molar-refractivity contribution in [1.82, 2.24) is 9.38 Å². The third kappa shape index (κ3) is 3.55. The Kier molecular flexibility index (Phi) is 4.73. The number of anilines is 1. The Labute approximate surface area is 162 Å². The van der Waals surface area contributed by atoms with E-state index in [4.69, 9.17) is 9.15 Å². The molecule has 0 fully saturated rings. The van der Waals surface area contributed by atoms with Crippen molar-refractivity contribution in [3.8, 4) is 0 Å². The second kappa shape index (κ2) is 7.49. The largest absolute Gasteiger partial charge is 0.459 e. The fourth-order valence-corrected chi connectivity index (χ4v) is 3.28. The van der Waals surface area contributed by atoms with Gasteiger partial charge in [-0.05, 0) is 24.3 Å². The summed E-state index contributed by atoms with van der Waals surface area (Å²) >= 11 is 1.31. The number of hydrogen-bond acceptors (Lipinski definition) is 7. The first kappa shape index (κ1) is 17.7. The lowest BCUT2D eigenvalue weighted by atomic mass is 10.1. The van der Waals surface area contributed by atoms with Crippen molar-refractivity contribution in [3.63, 3.8) is 0 Å². The SMILES string of the molecule is O=C(Nc1ccccc1C(=O)OCc1cc(=O)n2ccsc2n1)c1ccco1. The Balaban J connectivity index is 1.50. The summed E-state index contributed by atoms with van der Waals surface area (Å²) in [4.78, 5) is 41.5. The lowest BCUT2D eigenvalue weighted by Crippen LogP contribution is -2.17. The molecular formula is C19H13N3O5S. The van der Waals surface area contributed by atoms with E-state index >= 15 is 0 Å². The minimum atomic E-state index is -0.650. The fraction of sp³-hybridized carbons (Fsp3) is 0.0526. The van der Waals surface area contributed by atoms with Gasteiger partial charge in [0.25, 0.3) is 11.5 Å². The van der Waals surface area contributed by atoms with Crippen molar-refractivity contribution < 1.29 is 18.7 Å². The predicted molar refractivity (Wildman–Crippen MR) is 102 cm³/mol. The standard InChI is InChI=1S/C19H13N3O5S/c23-16-10-12(20-19-22(16)7-9-28-19)11-27-18(25)13-4-1-2-5-14(13)21-17(24)15-6-3-8-26-15/h1-10H,11H2,(H,21,24). The summed E-state index contributed by atoms with van der Waals surface area (Å²) in [6, 6.07) is 10.9. The van der Waals surface area contributed by atoms with Gasteiger partial charge in [0, 0.05) is 17.6 Å². The van der Waals surface area contributed by atoms with Crippen LogP contribution >= 0.6 is 11.3 Å². The Morgan fingerprint density at radius 1 is 1.21 bits per heavy atom. The van der Waals surface area contributed by atoms with Gasteiger partial charge in [-0.1, -0.05) is 12.1 Å². The van der Waals surface area contributed by atoms with Crippen LogP contribution in [0.1, 0.15) is 26.6 Å². The van der Waals surface area contributed by atoms with Crippen LogP contribution in [0.3, 0.4) is 0 Å². The average molecular weight is 395 g/mol. The maximum Gasteiger partial charge on any atom is 0.340 e. The summed E-state index contributed by atoms with van der Waals surface area (Å²) in [5.41, 5.74) is 0.563. The number of para-hydroxylation sites is 1. The third-order valence-electron chi connectivity index (χ3n) is 3.85. The molecule has 1 N–H and O–H groups in total. The lowest BCUT2D eigenvalue weighted by molar-refractivity contribution is 0.0469. The molecule has 3 heterocycles. The molecule has 0 unspecified atom stereocenters. The van der Waals surface area contributed by atoms with Crippen LogP contribution in [0.2, 0.25) is 0 Å². The molecule has 0 aliphatic heterocycles. The van der Waals surface area contributed by atoms with Gasteiger partial charge in [0.2, 0.25) is 0 Å². The number of esters is 1. The molecule has 8 nitrogen and oxygen atoms in total. The molecule has 1 aromatic carbocycles. The molecule has 4 aromatic rings. The Bertz CT molecular complexity index is 1210. The summed E-state index contributed by atoms with van der Waals surface area (Å²) in [6.45, 7) is -0.164. The molecule has 9 heteroatoms. The van der Waals surface area contributed by atoms with Crippen molar-refractivity contribution in [2.24, 2.45) is 0 Å². The summed E-state index contributed by atoms with van der Waals surface area (Å²) in [6.07, 6.45) is 3.01. The van der Waals surface area contributed by atoms with E-state index in [-0.39, 0.29) is 29.2 Å². The Morgan fingerprint density at radius 3 is 2.89 bits per heavy atom. The number of fused-ring (bicyclic) bond motifs is 1. The van der Waals surface area contributed by atoms with Gasteiger partial charge in [-0.3, -0.25) is 14.0 Å². The minimum Gasteiger partial charge on any atom is -0.459 e. The minimum absolute atomic E-state index is 0.122. The van der Waals surface area contributed by atoms with Crippen molar-refractivity contribution >= 4 is 33.9 Å². The Hall–Kier alpha value is -3.72. The van der Waals surface area contributed by atoms with Gasteiger partial charge >= 0.3 is 5.97 Å². The molecular weight excluding hydrogens is 382 g/mol. The van der Waals surface area contributed by atoms with E-state index in [9.17, 15) is 14.4 Å². The maximum absolute atomic E-state index is 12.5. The highest BCUT2D eigenvalue weighted by molar-refractivity contribution is 7.15. The molecule has 28 heavy (non-hydrogen) atoms. The van der Waals surface area contributed by atoms with E-state index in [1.54, 1.807) is 35.8 Å². The van der Waals surface area contributed by atoms with Crippen LogP contribution in [-0.2, 0) is 11.3 Å². The number of carbonyl (C=O) groups excluding carboxylic acids is 2. The fourth-order valence-electron chi connectivity index (χ4n) is 2.54. The van der Waals surface area contributed by atoms with Crippen molar-refractivity contribution in [2.75, 3.05) is 5.32 Å². The van der Waals surface area contributed by atoms with Gasteiger partial charge in [0.15, 0.2) is 10.7 Å². The van der Waals surface area contributed by atoms with E-state index in [1.807, 2.05) is 0 Å². The number of thiazole rings is 1. The molecule has 3 aromatic heterocycles. The maximum atomic E-state index is 12.5. The normalized spacial score (nSPS) is 10.7. The second-order valence-corrected chi connectivity index (χ2v) is 6.57. The van der Waals surface area contributed by atoms with E-state index in [1.165, 1.54) is 40.2 Å². The number of furan rings is 1. The molecule has 0 aliphatic carbocycles. The molecule has 0 radical (unpaired) electrons. The highest BCUT2D eigenvalue weighted by Crippen LogP contribution is 2.18. The van der Waals surface area contributed by atoms with Crippen LogP contribution in [0.4, 0.5) is 5.69 Å². The van der Waals surface area contributed by atoms with Crippen LogP contribution in [-0.4, -0.2) is 21.3 Å². The highest BCUT2D eigenvalue weighted by atomic mass is 32.1. The first-order valence-corrected chi connectivity index (χ1v) is 9.06. The molecule has 0 spiro atoms. The molecule has 0 saturated heterocycles. The van der Waals surface area contributed by atoms with E-state index in [0.29, 0.717) is 10.7 Å². The lowest BCUT2D eigenvalue weighted by Gasteiger charge is -2.10. The molecule has 0 atom stereocenters. The van der Waals surface area contributed by atoms with Gasteiger partial charge < -0.3 is 14.5 Å². The monoisotopic (exact) mass is 395 g/mol. The summed E-state index contributed by atoms with van der Waals surface area (Å²) in [5, 5.41) is 4.37. The number of carbonyl (C=O) groups is 2. The van der Waals surface area contributed by atoms with Crippen LogP contribution in [0, 0.1) is 0 Å². The smallest absolute Gasteiger partial charge is 0.340 e. The van der Waals surface area contributed by atoms with Gasteiger partial charge in [0.05, 0.1) is 23.2 Å². The molecule has 0 bridgehead atoms. The first-order valence-electron chi connectivity index (χ1n) is 8.18. The van der Waals surface area contributed by atoms with Crippen LogP contribution in [0.25, 0.3) is 4.96 Å². The van der Waals surface area contributed by atoms with E-state index < -0.39 is 11.9 Å². The molecule has 140 valence electrons. The van der Waals surface area contributed by atoms with Gasteiger partial charge in [-0.2, -0.15) is 0 Å². The predicted octanol–water partition coefficient (Wildman–Crippen LogP) is 2.96. The number of nitrogens with one attached hydrogen (secondary N) is 1. The number of aromatic nitrogens is 2. The number of hydrogen-bond donors (Lipinski definition) is 1. The zero-order valence-corrected chi connectivity index (χ0v) is 15.1. The summed E-state index contributed by atoms with van der Waals surface area (Å²) in [5.74, 6) is -1.01. The molecule has 1 amide bonds. The third-order valence-corrected chi connectivity index (χ3v) is 4.60. The summed E-state index contributed by atoms with van der Waals surface area (Å²) < 4.78 is 11.7. The van der Waals surface area contributed by atoms with Crippen molar-refractivity contribution in [2.45, 2.75) is 6.61 Å². The first-order chi connectivity index (χ1) is 13.6. The summed E-state index contributed by atoms with van der Waals surface area (Å²) in [7, 11) is 0. The second-order valence-electron chi connectivity index (χ2n) is 5.69. The topological polar surface area (TPSA) is 103 Å². The van der Waals surface area contributed by atoms with Crippen molar-refractivity contribution in [1.29, 1.82) is 0 Å². The molecule has 0 saturated carbocycles. The zero-order valence-electron chi connectivity index (χ0n) is 14.3. The Morgan fingerprint density at radius 2 is 2.07 bits per heavy atom.